The standard InChI is InChI=1S/C25H20N4O4/c1-33-21-12-11-16(25(32)27-17-8-3-2-4-9-17)14-20(21)28-29-22-18-10-6-5-7-15(18)13-19(23(22)30)24(26)31/h2-14,30H,1H3,(H2,26,31)(H,27,32)/b29-28+. The predicted octanol–water partition coefficient (Wildman–Crippen LogP) is 5.32. The fourth-order valence-electron chi connectivity index (χ4n) is 3.34. The molecule has 4 aromatic carbocycles. The number of carbonyl (C=O) groups is 2. The number of rotatable bonds is 6. The molecule has 0 fully saturated rings. The first-order chi connectivity index (χ1) is 16.0. The number of phenols is 1. The van der Waals surface area contributed by atoms with Gasteiger partial charge in [-0.15, -0.1) is 10.2 Å². The maximum absolute atomic E-state index is 12.7. The van der Waals surface area contributed by atoms with E-state index in [0.717, 1.165) is 0 Å². The molecule has 33 heavy (non-hydrogen) atoms. The van der Waals surface area contributed by atoms with E-state index >= 15 is 0 Å². The Hall–Kier alpha value is -4.72. The fraction of sp³-hybridized carbons (Fsp3) is 0.0400. The number of nitrogens with one attached hydrogen (secondary N) is 1. The van der Waals surface area contributed by atoms with Crippen LogP contribution in [0.15, 0.2) is 89.1 Å². The minimum absolute atomic E-state index is 0.0643. The molecule has 0 heterocycles. The number of methoxy groups -OCH3 is 1. The normalized spacial score (nSPS) is 10.9. The Morgan fingerprint density at radius 3 is 2.39 bits per heavy atom. The number of amides is 2. The highest BCUT2D eigenvalue weighted by atomic mass is 16.5. The van der Waals surface area contributed by atoms with Gasteiger partial charge in [0.2, 0.25) is 0 Å². The van der Waals surface area contributed by atoms with Gasteiger partial charge < -0.3 is 20.9 Å². The third-order valence-corrected chi connectivity index (χ3v) is 4.99. The highest BCUT2D eigenvalue weighted by molar-refractivity contribution is 6.06. The van der Waals surface area contributed by atoms with Crippen LogP contribution in [0.4, 0.5) is 17.1 Å². The quantitative estimate of drug-likeness (QED) is 0.351. The van der Waals surface area contributed by atoms with Gasteiger partial charge in [0.05, 0.1) is 12.7 Å². The van der Waals surface area contributed by atoms with Crippen LogP contribution in [0.25, 0.3) is 10.8 Å². The van der Waals surface area contributed by atoms with E-state index in [9.17, 15) is 14.7 Å². The van der Waals surface area contributed by atoms with Gasteiger partial charge in [-0.2, -0.15) is 0 Å². The van der Waals surface area contributed by atoms with E-state index < -0.39 is 5.91 Å². The molecule has 0 atom stereocenters. The van der Waals surface area contributed by atoms with Crippen LogP contribution in [0.5, 0.6) is 11.5 Å². The molecular weight excluding hydrogens is 420 g/mol. The summed E-state index contributed by atoms with van der Waals surface area (Å²) >= 11 is 0. The minimum atomic E-state index is -0.785. The van der Waals surface area contributed by atoms with Gasteiger partial charge in [0.1, 0.15) is 17.1 Å². The zero-order valence-corrected chi connectivity index (χ0v) is 17.6. The van der Waals surface area contributed by atoms with E-state index in [1.165, 1.54) is 19.2 Å². The molecule has 0 radical (unpaired) electrons. The van der Waals surface area contributed by atoms with Gasteiger partial charge in [0, 0.05) is 16.6 Å². The molecule has 2 amide bonds. The summed E-state index contributed by atoms with van der Waals surface area (Å²) in [6.07, 6.45) is 0. The Kier molecular flexibility index (Phi) is 5.99. The topological polar surface area (TPSA) is 126 Å². The molecule has 0 aromatic heterocycles. The van der Waals surface area contributed by atoms with Crippen molar-refractivity contribution in [1.82, 2.24) is 0 Å². The Morgan fingerprint density at radius 2 is 1.67 bits per heavy atom. The van der Waals surface area contributed by atoms with Gasteiger partial charge in [0.15, 0.2) is 5.75 Å². The number of carbonyl (C=O) groups excluding carboxylic acids is 2. The zero-order valence-electron chi connectivity index (χ0n) is 17.6. The minimum Gasteiger partial charge on any atom is -0.505 e. The second-order valence-electron chi connectivity index (χ2n) is 7.11. The smallest absolute Gasteiger partial charge is 0.255 e. The molecule has 0 unspecified atom stereocenters. The number of fused-ring (bicyclic) bond motifs is 1. The van der Waals surface area contributed by atoms with Crippen LogP contribution in [0.2, 0.25) is 0 Å². The maximum Gasteiger partial charge on any atom is 0.255 e. The number of aromatic hydroxyl groups is 1. The van der Waals surface area contributed by atoms with E-state index in [1.54, 1.807) is 48.5 Å². The average molecular weight is 440 g/mol. The number of nitrogens with two attached hydrogens (primary N) is 1. The molecular formula is C25H20N4O4. The van der Waals surface area contributed by atoms with Crippen LogP contribution < -0.4 is 15.8 Å². The summed E-state index contributed by atoms with van der Waals surface area (Å²) in [5.41, 5.74) is 6.69. The molecule has 0 aliphatic rings. The second kappa shape index (κ2) is 9.19. The maximum atomic E-state index is 12.7. The number of azo groups is 1. The van der Waals surface area contributed by atoms with Crippen LogP contribution in [0, 0.1) is 0 Å². The Balaban J connectivity index is 1.74. The van der Waals surface area contributed by atoms with Crippen LogP contribution in [-0.2, 0) is 0 Å². The largest absolute Gasteiger partial charge is 0.505 e. The summed E-state index contributed by atoms with van der Waals surface area (Å²) in [7, 11) is 1.47. The van der Waals surface area contributed by atoms with Crippen molar-refractivity contribution in [1.29, 1.82) is 0 Å². The Bertz CT molecular complexity index is 1380. The highest BCUT2D eigenvalue weighted by Gasteiger charge is 2.17. The lowest BCUT2D eigenvalue weighted by Crippen LogP contribution is -2.11. The molecule has 4 aromatic rings. The molecule has 4 rings (SSSR count). The van der Waals surface area contributed by atoms with Crippen molar-refractivity contribution in [2.24, 2.45) is 16.0 Å². The molecule has 0 spiro atoms. The SMILES string of the molecule is COc1ccc(C(=O)Nc2ccccc2)cc1/N=N/c1c(O)c(C(N)=O)cc2ccccc12. The number of primary amides is 1. The molecule has 0 saturated heterocycles. The lowest BCUT2D eigenvalue weighted by molar-refractivity contribution is 0.0995. The molecule has 164 valence electrons. The van der Waals surface area contributed by atoms with Crippen molar-refractivity contribution < 1.29 is 19.4 Å². The third kappa shape index (κ3) is 4.49. The van der Waals surface area contributed by atoms with Gasteiger partial charge in [-0.1, -0.05) is 42.5 Å². The summed E-state index contributed by atoms with van der Waals surface area (Å²) in [6.45, 7) is 0. The van der Waals surface area contributed by atoms with Crippen LogP contribution in [0.3, 0.4) is 0 Å². The average Bonchev–Trinajstić information content (AvgIpc) is 2.83. The third-order valence-electron chi connectivity index (χ3n) is 4.99. The summed E-state index contributed by atoms with van der Waals surface area (Å²) in [4.78, 5) is 24.5. The van der Waals surface area contributed by atoms with Crippen molar-refractivity contribution >= 4 is 39.6 Å². The van der Waals surface area contributed by atoms with Crippen molar-refractivity contribution in [2.45, 2.75) is 0 Å². The molecule has 8 nitrogen and oxygen atoms in total. The van der Waals surface area contributed by atoms with Gasteiger partial charge in [-0.25, -0.2) is 0 Å². The molecule has 0 saturated carbocycles. The van der Waals surface area contributed by atoms with Gasteiger partial charge in [0.25, 0.3) is 11.8 Å². The number of hydrogen-bond acceptors (Lipinski definition) is 6. The highest BCUT2D eigenvalue weighted by Crippen LogP contribution is 2.40. The zero-order chi connectivity index (χ0) is 23.4. The van der Waals surface area contributed by atoms with Crippen LogP contribution in [0.1, 0.15) is 20.7 Å². The van der Waals surface area contributed by atoms with Crippen molar-refractivity contribution in [3.8, 4) is 11.5 Å². The fourth-order valence-corrected chi connectivity index (χ4v) is 3.34. The molecule has 4 N–H and O–H groups in total. The molecule has 0 aliphatic carbocycles. The van der Waals surface area contributed by atoms with E-state index in [1.807, 2.05) is 18.2 Å². The first-order valence-electron chi connectivity index (χ1n) is 9.98. The second-order valence-corrected chi connectivity index (χ2v) is 7.11. The molecule has 0 bridgehead atoms. The van der Waals surface area contributed by atoms with Gasteiger partial charge in [-0.3, -0.25) is 9.59 Å². The van der Waals surface area contributed by atoms with E-state index in [-0.39, 0.29) is 28.6 Å². The molecule has 8 heteroatoms. The number of hydrogen-bond donors (Lipinski definition) is 3. The summed E-state index contributed by atoms with van der Waals surface area (Å²) < 4.78 is 5.34. The lowest BCUT2D eigenvalue weighted by atomic mass is 10.0. The summed E-state index contributed by atoms with van der Waals surface area (Å²) in [5.74, 6) is -1.11. The number of ether oxygens (including phenoxy) is 1. The summed E-state index contributed by atoms with van der Waals surface area (Å²) in [6, 6.07) is 22.4. The van der Waals surface area contributed by atoms with E-state index in [0.29, 0.717) is 27.8 Å². The number of anilines is 1. The van der Waals surface area contributed by atoms with Crippen molar-refractivity contribution in [3.05, 3.63) is 90.0 Å². The van der Waals surface area contributed by atoms with Crippen LogP contribution >= 0.6 is 0 Å². The number of para-hydroxylation sites is 1. The van der Waals surface area contributed by atoms with E-state index in [2.05, 4.69) is 15.5 Å². The number of nitrogens with zero attached hydrogens (tertiary/aromatic N) is 2. The Labute approximate surface area is 189 Å². The van der Waals surface area contributed by atoms with Gasteiger partial charge >= 0.3 is 0 Å². The Morgan fingerprint density at radius 1 is 0.939 bits per heavy atom. The summed E-state index contributed by atoms with van der Waals surface area (Å²) in [5, 5.41) is 23.1. The van der Waals surface area contributed by atoms with E-state index in [4.69, 9.17) is 10.5 Å². The molecule has 0 aliphatic heterocycles. The predicted molar refractivity (Wildman–Crippen MR) is 126 cm³/mol. The van der Waals surface area contributed by atoms with Crippen LogP contribution in [-0.4, -0.2) is 24.0 Å². The number of benzene rings is 4. The van der Waals surface area contributed by atoms with Crippen molar-refractivity contribution in [3.63, 3.8) is 0 Å². The van der Waals surface area contributed by atoms with Crippen molar-refractivity contribution in [2.75, 3.05) is 12.4 Å². The first kappa shape index (κ1) is 21.5. The first-order valence-corrected chi connectivity index (χ1v) is 9.98. The lowest BCUT2D eigenvalue weighted by Gasteiger charge is -2.10. The monoisotopic (exact) mass is 440 g/mol. The van der Waals surface area contributed by atoms with Gasteiger partial charge in [-0.05, 0) is 41.8 Å².